The number of amides is 2. The van der Waals surface area contributed by atoms with Crippen molar-refractivity contribution in [2.45, 2.75) is 19.6 Å². The summed E-state index contributed by atoms with van der Waals surface area (Å²) in [6, 6.07) is 1.99. The molecule has 5 rings (SSSR count). The van der Waals surface area contributed by atoms with Crippen molar-refractivity contribution in [2.24, 2.45) is 0 Å². The topological polar surface area (TPSA) is 137 Å². The normalized spacial score (nSPS) is 17.5. The highest BCUT2D eigenvalue weighted by Gasteiger charge is 2.36. The van der Waals surface area contributed by atoms with Crippen molar-refractivity contribution in [3.63, 3.8) is 0 Å². The number of alkyl halides is 3. The molecule has 2 aliphatic heterocycles. The van der Waals surface area contributed by atoms with Crippen molar-refractivity contribution >= 4 is 33.2 Å². The number of morpholine rings is 1. The Labute approximate surface area is 240 Å². The Morgan fingerprint density at radius 1 is 1.10 bits per heavy atom. The van der Waals surface area contributed by atoms with Crippen LogP contribution in [0.1, 0.15) is 16.8 Å². The van der Waals surface area contributed by atoms with E-state index in [0.29, 0.717) is 70.4 Å². The zero-order valence-electron chi connectivity index (χ0n) is 23.4. The fourth-order valence-corrected chi connectivity index (χ4v) is 5.89. The van der Waals surface area contributed by atoms with E-state index in [9.17, 15) is 26.4 Å². The molecule has 0 bridgehead atoms. The molecule has 2 saturated heterocycles. The van der Waals surface area contributed by atoms with Gasteiger partial charge in [-0.25, -0.2) is 27.7 Å². The molecule has 42 heavy (non-hydrogen) atoms. The number of pyridine rings is 1. The number of hydrogen-bond acceptors (Lipinski definition) is 9. The van der Waals surface area contributed by atoms with E-state index >= 15 is 0 Å². The van der Waals surface area contributed by atoms with Gasteiger partial charge < -0.3 is 15.0 Å². The molecule has 17 heteroatoms. The first kappa shape index (κ1) is 29.9. The Balaban J connectivity index is 1.56. The lowest BCUT2D eigenvalue weighted by Crippen LogP contribution is -2.47. The molecule has 3 aromatic rings. The Hall–Kier alpha value is -3.54. The van der Waals surface area contributed by atoms with Gasteiger partial charge >= 0.3 is 12.2 Å². The van der Waals surface area contributed by atoms with Gasteiger partial charge in [-0.1, -0.05) is 0 Å². The third kappa shape index (κ3) is 6.28. The van der Waals surface area contributed by atoms with E-state index in [-0.39, 0.29) is 17.2 Å². The fraction of sp³-hybridized carbons (Fsp3) is 0.520. The summed E-state index contributed by atoms with van der Waals surface area (Å²) in [6.07, 6.45) is -2.57. The predicted octanol–water partition coefficient (Wildman–Crippen LogP) is 1.78. The summed E-state index contributed by atoms with van der Waals surface area (Å²) in [5.41, 5.74) is 0.913. The van der Waals surface area contributed by atoms with Gasteiger partial charge in [-0.2, -0.15) is 17.5 Å². The average Bonchev–Trinajstić information content (AvgIpc) is 3.27. The molecule has 0 aliphatic carbocycles. The molecule has 0 spiro atoms. The third-order valence-corrected chi connectivity index (χ3v) is 8.68. The molecule has 5 heterocycles. The van der Waals surface area contributed by atoms with Crippen LogP contribution in [0.2, 0.25) is 0 Å². The molecular weight excluding hydrogens is 579 g/mol. The summed E-state index contributed by atoms with van der Waals surface area (Å²) in [5, 5.41) is 9.09. The molecule has 0 aromatic carbocycles. The number of fused-ring (bicyclic) bond motifs is 1. The first-order valence-corrected chi connectivity index (χ1v) is 15.2. The predicted molar refractivity (Wildman–Crippen MR) is 149 cm³/mol. The van der Waals surface area contributed by atoms with Crippen LogP contribution in [0.4, 0.5) is 29.6 Å². The largest absolute Gasteiger partial charge is 0.417 e. The van der Waals surface area contributed by atoms with Gasteiger partial charge in [0, 0.05) is 64.8 Å². The lowest BCUT2D eigenvalue weighted by molar-refractivity contribution is -0.137. The van der Waals surface area contributed by atoms with Crippen LogP contribution in [0.3, 0.4) is 0 Å². The molecule has 13 nitrogen and oxygen atoms in total. The molecule has 2 N–H and O–H groups in total. The van der Waals surface area contributed by atoms with Gasteiger partial charge in [-0.15, -0.1) is 5.10 Å². The van der Waals surface area contributed by atoms with Crippen LogP contribution in [-0.2, 0) is 27.5 Å². The van der Waals surface area contributed by atoms with Crippen molar-refractivity contribution in [2.75, 3.05) is 76.0 Å². The van der Waals surface area contributed by atoms with Crippen LogP contribution in [0, 0.1) is 6.92 Å². The Bertz CT molecular complexity index is 1580. The second kappa shape index (κ2) is 11.6. The summed E-state index contributed by atoms with van der Waals surface area (Å²) in [4.78, 5) is 24.4. The van der Waals surface area contributed by atoms with E-state index in [2.05, 4.69) is 30.6 Å². The van der Waals surface area contributed by atoms with Crippen molar-refractivity contribution in [3.8, 4) is 11.4 Å². The van der Waals surface area contributed by atoms with E-state index in [0.717, 1.165) is 23.5 Å². The minimum atomic E-state index is -4.78. The van der Waals surface area contributed by atoms with Crippen LogP contribution in [-0.4, -0.2) is 109 Å². The molecule has 3 aromatic heterocycles. The first-order chi connectivity index (χ1) is 19.8. The number of hydrogen-bond donors (Lipinski definition) is 2. The molecule has 2 fully saturated rings. The zero-order valence-corrected chi connectivity index (χ0v) is 24.2. The minimum absolute atomic E-state index is 0.165. The van der Waals surface area contributed by atoms with Crippen molar-refractivity contribution in [1.29, 1.82) is 0 Å². The van der Waals surface area contributed by atoms with Crippen LogP contribution in [0.25, 0.3) is 16.9 Å². The number of aryl methyl sites for hydroxylation is 1. The summed E-state index contributed by atoms with van der Waals surface area (Å²) < 4.78 is 75.1. The van der Waals surface area contributed by atoms with Crippen molar-refractivity contribution < 1.29 is 31.1 Å². The van der Waals surface area contributed by atoms with E-state index in [1.165, 1.54) is 17.6 Å². The number of nitrogens with zero attached hydrogens (tertiary/aromatic N) is 7. The molecule has 0 radical (unpaired) electrons. The second-order valence-electron chi connectivity index (χ2n) is 10.2. The SMILES string of the molecule is CNC(=O)Nc1cc(C(F)(F)F)c(-c2nc(N3CCOCC3)c3cc(CN4CCN(S(C)(=O)=O)CC4)c(C)n3n2)cn1. The highest BCUT2D eigenvalue weighted by molar-refractivity contribution is 7.88. The van der Waals surface area contributed by atoms with Crippen LogP contribution >= 0.6 is 0 Å². The molecule has 2 amide bonds. The lowest BCUT2D eigenvalue weighted by Gasteiger charge is -2.33. The number of urea groups is 1. The molecule has 228 valence electrons. The fourth-order valence-electron chi connectivity index (χ4n) is 5.07. The third-order valence-electron chi connectivity index (χ3n) is 7.38. The van der Waals surface area contributed by atoms with Crippen LogP contribution < -0.4 is 15.5 Å². The summed E-state index contributed by atoms with van der Waals surface area (Å²) >= 11 is 0. The van der Waals surface area contributed by atoms with E-state index in [1.807, 2.05) is 17.9 Å². The summed E-state index contributed by atoms with van der Waals surface area (Å²) in [6.45, 7) is 6.09. The maximum Gasteiger partial charge on any atom is 0.417 e. The molecule has 0 atom stereocenters. The average molecular weight is 612 g/mol. The number of carbonyl (C=O) groups excluding carboxylic acids is 1. The van der Waals surface area contributed by atoms with Gasteiger partial charge in [0.25, 0.3) is 0 Å². The zero-order chi connectivity index (χ0) is 30.2. The molecule has 0 saturated carbocycles. The number of anilines is 2. The molecular formula is C25H32F3N9O4S. The highest BCUT2D eigenvalue weighted by atomic mass is 32.2. The van der Waals surface area contributed by atoms with Gasteiger partial charge in [-0.05, 0) is 24.6 Å². The first-order valence-electron chi connectivity index (χ1n) is 13.3. The molecule has 0 unspecified atom stereocenters. The number of piperazine rings is 1. The monoisotopic (exact) mass is 611 g/mol. The maximum absolute atomic E-state index is 14.3. The number of ether oxygens (including phenoxy) is 1. The quantitative estimate of drug-likeness (QED) is 0.427. The number of rotatable bonds is 6. The van der Waals surface area contributed by atoms with E-state index in [4.69, 9.17) is 4.74 Å². The van der Waals surface area contributed by atoms with Gasteiger partial charge in [0.05, 0.1) is 30.6 Å². The van der Waals surface area contributed by atoms with Gasteiger partial charge in [-0.3, -0.25) is 10.2 Å². The lowest BCUT2D eigenvalue weighted by atomic mass is 10.1. The molecule has 2 aliphatic rings. The van der Waals surface area contributed by atoms with E-state index in [1.54, 1.807) is 4.52 Å². The van der Waals surface area contributed by atoms with Crippen LogP contribution in [0.5, 0.6) is 0 Å². The summed E-state index contributed by atoms with van der Waals surface area (Å²) in [5.74, 6) is 0.0397. The standard InChI is InChI=1S/C25H32F3N9O4S/c1-16-17(15-34-4-6-36(7-5-34)42(3,39)40)12-20-23(35-8-10-41-11-9-35)32-22(33-37(16)20)18-14-30-21(31-24(38)29-2)13-19(18)25(26,27)28/h12-14H,4-11,15H2,1-3H3,(H2,29,30,31,38). The van der Waals surface area contributed by atoms with Crippen LogP contribution in [0.15, 0.2) is 18.3 Å². The Kier molecular flexibility index (Phi) is 8.28. The Morgan fingerprint density at radius 3 is 2.40 bits per heavy atom. The number of aromatic nitrogens is 4. The number of halogens is 3. The smallest absolute Gasteiger partial charge is 0.378 e. The van der Waals surface area contributed by atoms with Gasteiger partial charge in [0.15, 0.2) is 11.6 Å². The number of sulfonamides is 1. The van der Waals surface area contributed by atoms with Crippen molar-refractivity contribution in [1.82, 2.24) is 34.1 Å². The van der Waals surface area contributed by atoms with Gasteiger partial charge in [0.1, 0.15) is 11.3 Å². The minimum Gasteiger partial charge on any atom is -0.378 e. The Morgan fingerprint density at radius 2 is 1.79 bits per heavy atom. The maximum atomic E-state index is 14.3. The number of carbonyl (C=O) groups is 1. The second-order valence-corrected chi connectivity index (χ2v) is 12.1. The number of nitrogens with one attached hydrogen (secondary N) is 2. The highest BCUT2D eigenvalue weighted by Crippen LogP contribution is 2.38. The summed E-state index contributed by atoms with van der Waals surface area (Å²) in [7, 11) is -1.92. The van der Waals surface area contributed by atoms with E-state index < -0.39 is 27.8 Å². The van der Waals surface area contributed by atoms with Crippen molar-refractivity contribution in [3.05, 3.63) is 35.2 Å². The van der Waals surface area contributed by atoms with Gasteiger partial charge in [0.2, 0.25) is 10.0 Å².